The van der Waals surface area contributed by atoms with E-state index in [-0.39, 0.29) is 11.6 Å². The minimum absolute atomic E-state index is 0.258. The minimum atomic E-state index is -0.282. The molecule has 0 aliphatic carbocycles. The Morgan fingerprint density at radius 2 is 2.00 bits per heavy atom. The SMILES string of the molecule is C=CCNC(=O)c1ccc(Nc2cccc3cccnc23)nn1. The van der Waals surface area contributed by atoms with Gasteiger partial charge >= 0.3 is 0 Å². The summed E-state index contributed by atoms with van der Waals surface area (Å²) < 4.78 is 0. The summed E-state index contributed by atoms with van der Waals surface area (Å²) in [6.45, 7) is 3.94. The number of aromatic nitrogens is 3. The normalized spacial score (nSPS) is 10.3. The van der Waals surface area contributed by atoms with Crippen molar-refractivity contribution in [3.8, 4) is 0 Å². The van der Waals surface area contributed by atoms with Crippen molar-refractivity contribution in [3.63, 3.8) is 0 Å². The molecule has 114 valence electrons. The van der Waals surface area contributed by atoms with E-state index in [1.54, 1.807) is 24.4 Å². The number of fused-ring (bicyclic) bond motifs is 1. The molecule has 3 rings (SSSR count). The van der Waals surface area contributed by atoms with Crippen molar-refractivity contribution in [1.82, 2.24) is 20.5 Å². The van der Waals surface area contributed by atoms with Crippen LogP contribution in [0.2, 0.25) is 0 Å². The topological polar surface area (TPSA) is 79.8 Å². The van der Waals surface area contributed by atoms with Crippen LogP contribution in [0.5, 0.6) is 0 Å². The molecule has 0 spiro atoms. The molecule has 0 radical (unpaired) electrons. The second-order valence-electron chi connectivity index (χ2n) is 4.81. The second kappa shape index (κ2) is 6.65. The molecule has 6 nitrogen and oxygen atoms in total. The van der Waals surface area contributed by atoms with E-state index in [9.17, 15) is 4.79 Å². The van der Waals surface area contributed by atoms with E-state index < -0.39 is 0 Å². The fourth-order valence-electron chi connectivity index (χ4n) is 2.12. The highest BCUT2D eigenvalue weighted by Gasteiger charge is 2.08. The van der Waals surface area contributed by atoms with Gasteiger partial charge in [-0.05, 0) is 24.3 Å². The average molecular weight is 305 g/mol. The van der Waals surface area contributed by atoms with Gasteiger partial charge in [-0.25, -0.2) is 0 Å². The number of nitrogens with one attached hydrogen (secondary N) is 2. The largest absolute Gasteiger partial charge is 0.347 e. The third-order valence-corrected chi connectivity index (χ3v) is 3.20. The zero-order chi connectivity index (χ0) is 16.1. The smallest absolute Gasteiger partial charge is 0.272 e. The Labute approximate surface area is 133 Å². The highest BCUT2D eigenvalue weighted by atomic mass is 16.1. The number of nitrogens with zero attached hydrogens (tertiary/aromatic N) is 3. The molecule has 2 heterocycles. The summed E-state index contributed by atoms with van der Waals surface area (Å²) in [6.07, 6.45) is 3.35. The molecule has 2 N–H and O–H groups in total. The lowest BCUT2D eigenvalue weighted by Crippen LogP contribution is -2.24. The molecule has 0 atom stereocenters. The van der Waals surface area contributed by atoms with Gasteiger partial charge in [0, 0.05) is 18.1 Å². The number of hydrogen-bond donors (Lipinski definition) is 2. The molecule has 6 heteroatoms. The Morgan fingerprint density at radius 3 is 2.78 bits per heavy atom. The molecule has 2 aromatic heterocycles. The highest BCUT2D eigenvalue weighted by molar-refractivity contribution is 5.93. The molecule has 1 aromatic carbocycles. The Bertz CT molecular complexity index is 840. The summed E-state index contributed by atoms with van der Waals surface area (Å²) in [5.41, 5.74) is 1.94. The zero-order valence-electron chi connectivity index (χ0n) is 12.4. The average Bonchev–Trinajstić information content (AvgIpc) is 2.60. The van der Waals surface area contributed by atoms with Crippen molar-refractivity contribution in [2.75, 3.05) is 11.9 Å². The molecule has 0 saturated carbocycles. The first-order valence-corrected chi connectivity index (χ1v) is 7.11. The van der Waals surface area contributed by atoms with Crippen molar-refractivity contribution in [3.05, 3.63) is 67.0 Å². The van der Waals surface area contributed by atoms with Crippen molar-refractivity contribution < 1.29 is 4.79 Å². The Balaban J connectivity index is 1.80. The van der Waals surface area contributed by atoms with Gasteiger partial charge in [0.1, 0.15) is 0 Å². The summed E-state index contributed by atoms with van der Waals surface area (Å²) in [5.74, 6) is 0.263. The number of hydrogen-bond acceptors (Lipinski definition) is 5. The second-order valence-corrected chi connectivity index (χ2v) is 4.81. The third-order valence-electron chi connectivity index (χ3n) is 3.20. The molecular weight excluding hydrogens is 290 g/mol. The zero-order valence-corrected chi connectivity index (χ0v) is 12.4. The van der Waals surface area contributed by atoms with E-state index in [2.05, 4.69) is 32.4 Å². The molecule has 0 bridgehead atoms. The number of rotatable bonds is 5. The van der Waals surface area contributed by atoms with Gasteiger partial charge in [-0.15, -0.1) is 16.8 Å². The van der Waals surface area contributed by atoms with Gasteiger partial charge < -0.3 is 10.6 Å². The summed E-state index contributed by atoms with van der Waals surface area (Å²) in [5, 5.41) is 14.8. The van der Waals surface area contributed by atoms with Gasteiger partial charge in [-0.2, -0.15) is 0 Å². The van der Waals surface area contributed by atoms with Crippen LogP contribution in [0.15, 0.2) is 61.3 Å². The summed E-state index contributed by atoms with van der Waals surface area (Å²) in [6, 6.07) is 13.1. The molecule has 0 aliphatic heterocycles. The first kappa shape index (κ1) is 14.6. The van der Waals surface area contributed by atoms with Crippen LogP contribution in [0.25, 0.3) is 10.9 Å². The van der Waals surface area contributed by atoms with E-state index in [4.69, 9.17) is 0 Å². The Hall–Kier alpha value is -3.28. The lowest BCUT2D eigenvalue weighted by Gasteiger charge is -2.08. The molecule has 3 aromatic rings. The molecule has 23 heavy (non-hydrogen) atoms. The number of benzene rings is 1. The summed E-state index contributed by atoms with van der Waals surface area (Å²) in [7, 11) is 0. The molecule has 0 unspecified atom stereocenters. The van der Waals surface area contributed by atoms with E-state index in [1.807, 2.05) is 30.3 Å². The number of anilines is 2. The van der Waals surface area contributed by atoms with Gasteiger partial charge in [0.25, 0.3) is 5.91 Å². The molecule has 0 fully saturated rings. The predicted molar refractivity (Wildman–Crippen MR) is 89.6 cm³/mol. The summed E-state index contributed by atoms with van der Waals surface area (Å²) in [4.78, 5) is 16.1. The Morgan fingerprint density at radius 1 is 1.13 bits per heavy atom. The van der Waals surface area contributed by atoms with E-state index in [0.29, 0.717) is 12.4 Å². The Kier molecular flexibility index (Phi) is 4.24. The van der Waals surface area contributed by atoms with Crippen LogP contribution in [-0.4, -0.2) is 27.6 Å². The van der Waals surface area contributed by atoms with Crippen molar-refractivity contribution >= 4 is 28.3 Å². The van der Waals surface area contributed by atoms with Crippen LogP contribution < -0.4 is 10.6 Å². The molecule has 1 amide bonds. The summed E-state index contributed by atoms with van der Waals surface area (Å²) >= 11 is 0. The van der Waals surface area contributed by atoms with Crippen LogP contribution >= 0.6 is 0 Å². The van der Waals surface area contributed by atoms with Gasteiger partial charge in [-0.3, -0.25) is 9.78 Å². The van der Waals surface area contributed by atoms with E-state index in [0.717, 1.165) is 16.6 Å². The van der Waals surface area contributed by atoms with Crippen LogP contribution in [0.3, 0.4) is 0 Å². The lowest BCUT2D eigenvalue weighted by molar-refractivity contribution is 0.0952. The van der Waals surface area contributed by atoms with Crippen LogP contribution in [-0.2, 0) is 0 Å². The van der Waals surface area contributed by atoms with E-state index >= 15 is 0 Å². The van der Waals surface area contributed by atoms with Crippen molar-refractivity contribution in [2.24, 2.45) is 0 Å². The number of carbonyl (C=O) groups is 1. The van der Waals surface area contributed by atoms with Crippen molar-refractivity contribution in [1.29, 1.82) is 0 Å². The van der Waals surface area contributed by atoms with Gasteiger partial charge in [0.15, 0.2) is 11.5 Å². The highest BCUT2D eigenvalue weighted by Crippen LogP contribution is 2.23. The standard InChI is InChI=1S/C17H15N5O/c1-2-10-19-17(23)14-8-9-15(22-21-14)20-13-7-3-5-12-6-4-11-18-16(12)13/h2-9,11H,1,10H2,(H,19,23)(H,20,22). The number of pyridine rings is 1. The minimum Gasteiger partial charge on any atom is -0.347 e. The van der Waals surface area contributed by atoms with E-state index in [1.165, 1.54) is 0 Å². The predicted octanol–water partition coefficient (Wildman–Crippen LogP) is 2.68. The van der Waals surface area contributed by atoms with Gasteiger partial charge in [0.2, 0.25) is 0 Å². The van der Waals surface area contributed by atoms with Gasteiger partial charge in [0.05, 0.1) is 11.2 Å². The molecule has 0 aliphatic rings. The maximum Gasteiger partial charge on any atom is 0.272 e. The number of carbonyl (C=O) groups excluding carboxylic acids is 1. The van der Waals surface area contributed by atoms with Crippen LogP contribution in [0, 0.1) is 0 Å². The fourth-order valence-corrected chi connectivity index (χ4v) is 2.12. The number of para-hydroxylation sites is 1. The fraction of sp³-hybridized carbons (Fsp3) is 0.0588. The molecular formula is C17H15N5O. The monoisotopic (exact) mass is 305 g/mol. The van der Waals surface area contributed by atoms with Crippen LogP contribution in [0.1, 0.15) is 10.5 Å². The number of amides is 1. The third kappa shape index (κ3) is 3.32. The maximum atomic E-state index is 11.8. The first-order chi connectivity index (χ1) is 11.3. The quantitative estimate of drug-likeness (QED) is 0.708. The maximum absolute atomic E-state index is 11.8. The van der Waals surface area contributed by atoms with Crippen LogP contribution in [0.4, 0.5) is 11.5 Å². The van der Waals surface area contributed by atoms with Crippen molar-refractivity contribution in [2.45, 2.75) is 0 Å². The first-order valence-electron chi connectivity index (χ1n) is 7.11. The van der Waals surface area contributed by atoms with Gasteiger partial charge in [-0.1, -0.05) is 24.3 Å². The molecule has 0 saturated heterocycles. The lowest BCUT2D eigenvalue weighted by atomic mass is 10.2.